The lowest BCUT2D eigenvalue weighted by Crippen LogP contribution is -2.45. The van der Waals surface area contributed by atoms with Crippen LogP contribution in [0.4, 0.5) is 10.5 Å². The lowest BCUT2D eigenvalue weighted by atomic mass is 9.84. The van der Waals surface area contributed by atoms with E-state index in [1.807, 2.05) is 45.1 Å². The summed E-state index contributed by atoms with van der Waals surface area (Å²) in [5, 5.41) is 0. The quantitative estimate of drug-likeness (QED) is 0.842. The van der Waals surface area contributed by atoms with Crippen LogP contribution < -0.4 is 10.6 Å². The lowest BCUT2D eigenvalue weighted by Gasteiger charge is -2.40. The number of aromatic nitrogens is 1. The molecule has 0 saturated heterocycles. The molecule has 2 N–H and O–H groups in total. The molecule has 6 heteroatoms. The summed E-state index contributed by atoms with van der Waals surface area (Å²) in [6.07, 6.45) is 11.3. The van der Waals surface area contributed by atoms with Gasteiger partial charge in [-0.15, -0.1) is 0 Å². The van der Waals surface area contributed by atoms with Gasteiger partial charge in [-0.3, -0.25) is 9.88 Å². The maximum Gasteiger partial charge on any atom is 0.319 e. The third kappa shape index (κ3) is 3.37. The predicted molar refractivity (Wildman–Crippen MR) is 101 cm³/mol. The SMILES string of the molecule is COC1=C(C(C)N(C(N)=O)c2cccnc2)C=CC2OC(C)(C)C=CC12. The van der Waals surface area contributed by atoms with Crippen molar-refractivity contribution in [1.82, 2.24) is 4.98 Å². The normalized spacial score (nSPS) is 24.8. The van der Waals surface area contributed by atoms with Gasteiger partial charge in [0.05, 0.1) is 42.7 Å². The number of methoxy groups -OCH3 is 1. The van der Waals surface area contributed by atoms with Gasteiger partial charge in [0.25, 0.3) is 0 Å². The van der Waals surface area contributed by atoms with Gasteiger partial charge in [-0.05, 0) is 32.9 Å². The highest BCUT2D eigenvalue weighted by Crippen LogP contribution is 2.38. The Balaban J connectivity index is 2.00. The van der Waals surface area contributed by atoms with Crippen LogP contribution in [0.25, 0.3) is 0 Å². The van der Waals surface area contributed by atoms with Crippen molar-refractivity contribution in [2.75, 3.05) is 12.0 Å². The van der Waals surface area contributed by atoms with Crippen molar-refractivity contribution in [2.45, 2.75) is 38.5 Å². The highest BCUT2D eigenvalue weighted by molar-refractivity contribution is 5.91. The molecule has 138 valence electrons. The molecule has 6 nitrogen and oxygen atoms in total. The van der Waals surface area contributed by atoms with E-state index in [4.69, 9.17) is 15.2 Å². The van der Waals surface area contributed by atoms with Gasteiger partial charge in [0.15, 0.2) is 0 Å². The summed E-state index contributed by atoms with van der Waals surface area (Å²) < 4.78 is 11.9. The summed E-state index contributed by atoms with van der Waals surface area (Å²) >= 11 is 0. The molecule has 3 unspecified atom stereocenters. The third-order valence-electron chi connectivity index (χ3n) is 4.77. The fraction of sp³-hybridized carbons (Fsp3) is 0.400. The van der Waals surface area contributed by atoms with Crippen molar-refractivity contribution >= 4 is 11.7 Å². The number of ether oxygens (including phenoxy) is 2. The molecular weight excluding hydrogens is 330 g/mol. The van der Waals surface area contributed by atoms with Crippen molar-refractivity contribution < 1.29 is 14.3 Å². The van der Waals surface area contributed by atoms with Gasteiger partial charge in [-0.1, -0.05) is 24.3 Å². The van der Waals surface area contributed by atoms with E-state index in [2.05, 4.69) is 11.1 Å². The second kappa shape index (κ2) is 6.96. The second-order valence-electron chi connectivity index (χ2n) is 7.05. The smallest absolute Gasteiger partial charge is 0.319 e. The zero-order valence-corrected chi connectivity index (χ0v) is 15.5. The predicted octanol–water partition coefficient (Wildman–Crippen LogP) is 3.18. The Morgan fingerprint density at radius 1 is 1.42 bits per heavy atom. The molecule has 0 spiro atoms. The van der Waals surface area contributed by atoms with Crippen molar-refractivity contribution in [3.05, 3.63) is 60.2 Å². The Morgan fingerprint density at radius 3 is 2.81 bits per heavy atom. The monoisotopic (exact) mass is 355 g/mol. The third-order valence-corrected chi connectivity index (χ3v) is 4.77. The van der Waals surface area contributed by atoms with E-state index in [0.717, 1.165) is 11.3 Å². The van der Waals surface area contributed by atoms with Crippen molar-refractivity contribution in [3.63, 3.8) is 0 Å². The van der Waals surface area contributed by atoms with Gasteiger partial charge in [0, 0.05) is 11.8 Å². The first kappa shape index (κ1) is 18.2. The summed E-state index contributed by atoms with van der Waals surface area (Å²) in [5.41, 5.74) is 6.88. The molecule has 0 saturated carbocycles. The number of urea groups is 1. The average Bonchev–Trinajstić information content (AvgIpc) is 2.60. The number of amides is 2. The molecular formula is C20H25N3O3. The topological polar surface area (TPSA) is 77.7 Å². The van der Waals surface area contributed by atoms with E-state index in [1.165, 1.54) is 4.90 Å². The van der Waals surface area contributed by atoms with Crippen molar-refractivity contribution in [1.29, 1.82) is 0 Å². The highest BCUT2D eigenvalue weighted by atomic mass is 16.5. The van der Waals surface area contributed by atoms with E-state index in [9.17, 15) is 4.79 Å². The highest BCUT2D eigenvalue weighted by Gasteiger charge is 2.38. The van der Waals surface area contributed by atoms with Gasteiger partial charge in [0.2, 0.25) is 0 Å². The average molecular weight is 355 g/mol. The lowest BCUT2D eigenvalue weighted by molar-refractivity contribution is -0.0492. The first-order chi connectivity index (χ1) is 12.3. The molecule has 0 bridgehead atoms. The van der Waals surface area contributed by atoms with Crippen LogP contribution in [0.1, 0.15) is 20.8 Å². The second-order valence-corrected chi connectivity index (χ2v) is 7.05. The Morgan fingerprint density at radius 2 is 2.19 bits per heavy atom. The molecule has 26 heavy (non-hydrogen) atoms. The Kier molecular flexibility index (Phi) is 4.87. The maximum absolute atomic E-state index is 12.1. The van der Waals surface area contributed by atoms with E-state index in [-0.39, 0.29) is 23.7 Å². The number of carbonyl (C=O) groups excluding carboxylic acids is 1. The van der Waals surface area contributed by atoms with Crippen LogP contribution >= 0.6 is 0 Å². The van der Waals surface area contributed by atoms with E-state index in [0.29, 0.717) is 5.69 Å². The Labute approximate surface area is 154 Å². The molecule has 3 rings (SSSR count). The maximum atomic E-state index is 12.1. The van der Waals surface area contributed by atoms with E-state index in [1.54, 1.807) is 25.6 Å². The number of pyridine rings is 1. The minimum atomic E-state index is -0.541. The van der Waals surface area contributed by atoms with Crippen LogP contribution in [0.15, 0.2) is 60.2 Å². The molecule has 0 radical (unpaired) electrons. The number of hydrogen-bond donors (Lipinski definition) is 1. The number of primary amides is 1. The van der Waals surface area contributed by atoms with Crippen molar-refractivity contribution in [3.8, 4) is 0 Å². The minimum absolute atomic E-state index is 0.0286. The first-order valence-corrected chi connectivity index (χ1v) is 8.66. The molecule has 0 aromatic carbocycles. The fourth-order valence-corrected chi connectivity index (χ4v) is 3.55. The summed E-state index contributed by atoms with van der Waals surface area (Å²) in [6.45, 7) is 5.98. The van der Waals surface area contributed by atoms with Gasteiger partial charge in [0.1, 0.15) is 5.76 Å². The molecule has 1 aromatic heterocycles. The number of nitrogens with two attached hydrogens (primary N) is 1. The molecule has 2 amide bonds. The van der Waals surface area contributed by atoms with Crippen LogP contribution in [0.5, 0.6) is 0 Å². The molecule has 1 aliphatic heterocycles. The molecule has 1 aromatic rings. The van der Waals surface area contributed by atoms with Crippen molar-refractivity contribution in [2.24, 2.45) is 11.7 Å². The summed E-state index contributed by atoms with van der Waals surface area (Å²) in [4.78, 5) is 17.7. The minimum Gasteiger partial charge on any atom is -0.500 e. The fourth-order valence-electron chi connectivity index (χ4n) is 3.55. The van der Waals surface area contributed by atoms with E-state index >= 15 is 0 Å². The van der Waals surface area contributed by atoms with Gasteiger partial charge in [-0.2, -0.15) is 0 Å². The number of fused-ring (bicyclic) bond motifs is 1. The molecule has 2 aliphatic rings. The Bertz CT molecular complexity index is 768. The summed E-state index contributed by atoms with van der Waals surface area (Å²) in [7, 11) is 1.64. The number of hydrogen-bond acceptors (Lipinski definition) is 4. The van der Waals surface area contributed by atoms with Crippen LogP contribution in [-0.2, 0) is 9.47 Å². The van der Waals surface area contributed by atoms with Gasteiger partial charge in [-0.25, -0.2) is 4.79 Å². The summed E-state index contributed by atoms with van der Waals surface area (Å²) in [5.74, 6) is 0.756. The molecule has 2 heterocycles. The summed E-state index contributed by atoms with van der Waals surface area (Å²) in [6, 6.07) is 2.73. The first-order valence-electron chi connectivity index (χ1n) is 8.66. The van der Waals surface area contributed by atoms with Crippen LogP contribution in [-0.4, -0.2) is 35.9 Å². The van der Waals surface area contributed by atoms with Gasteiger partial charge < -0.3 is 15.2 Å². The van der Waals surface area contributed by atoms with E-state index < -0.39 is 6.03 Å². The molecule has 1 aliphatic carbocycles. The molecule has 0 fully saturated rings. The van der Waals surface area contributed by atoms with Crippen LogP contribution in [0.2, 0.25) is 0 Å². The standard InChI is InChI=1S/C20H25N3O3/c1-13(23(19(21)24)14-6-5-11-22-12-14)15-7-8-17-16(18(15)25-4)9-10-20(2,3)26-17/h5-13,16-17H,1-4H3,(H2,21,24). The van der Waals surface area contributed by atoms with Gasteiger partial charge >= 0.3 is 6.03 Å². The van der Waals surface area contributed by atoms with Crippen LogP contribution in [0.3, 0.4) is 0 Å². The zero-order valence-electron chi connectivity index (χ0n) is 15.5. The zero-order chi connectivity index (χ0) is 18.9. The number of nitrogens with zero attached hydrogens (tertiary/aromatic N) is 2. The number of carbonyl (C=O) groups is 1. The number of rotatable bonds is 4. The largest absolute Gasteiger partial charge is 0.500 e. The Hall–Kier alpha value is -2.60. The molecule has 3 atom stereocenters. The number of anilines is 1. The van der Waals surface area contributed by atoms with Crippen LogP contribution in [0, 0.1) is 5.92 Å².